The highest BCUT2D eigenvalue weighted by Gasteiger charge is 2.06. The molecule has 0 radical (unpaired) electrons. The Hall–Kier alpha value is -1.55. The van der Waals surface area contributed by atoms with Crippen molar-refractivity contribution in [3.8, 4) is 5.75 Å². The second-order valence-corrected chi connectivity index (χ2v) is 5.22. The molecule has 4 nitrogen and oxygen atoms in total. The third-order valence-electron chi connectivity index (χ3n) is 2.90. The highest BCUT2D eigenvalue weighted by molar-refractivity contribution is 5.76. The largest absolute Gasteiger partial charge is 0.508 e. The van der Waals surface area contributed by atoms with Crippen LogP contribution in [0.4, 0.5) is 0 Å². The lowest BCUT2D eigenvalue weighted by Crippen LogP contribution is -2.31. The Labute approximate surface area is 115 Å². The second kappa shape index (κ2) is 7.79. The van der Waals surface area contributed by atoms with Crippen LogP contribution in [-0.4, -0.2) is 24.1 Å². The summed E-state index contributed by atoms with van der Waals surface area (Å²) < 4.78 is 0. The number of nitrogens with one attached hydrogen (secondary N) is 2. The lowest BCUT2D eigenvalue weighted by Gasteiger charge is -2.14. The number of rotatable bonds is 7. The van der Waals surface area contributed by atoms with E-state index in [0.717, 1.165) is 12.1 Å². The Morgan fingerprint density at radius 1 is 1.21 bits per heavy atom. The first-order chi connectivity index (χ1) is 8.99. The summed E-state index contributed by atoms with van der Waals surface area (Å²) in [6, 6.07) is 7.27. The molecule has 0 saturated carbocycles. The summed E-state index contributed by atoms with van der Waals surface area (Å²) in [5.74, 6) is 0.830. The number of aromatic hydroxyl groups is 1. The zero-order valence-electron chi connectivity index (χ0n) is 11.9. The highest BCUT2D eigenvalue weighted by atomic mass is 16.3. The summed E-state index contributed by atoms with van der Waals surface area (Å²) in [5, 5.41) is 15.4. The van der Waals surface area contributed by atoms with Gasteiger partial charge in [0.25, 0.3) is 0 Å². The van der Waals surface area contributed by atoms with Gasteiger partial charge in [-0.15, -0.1) is 0 Å². The second-order valence-electron chi connectivity index (χ2n) is 5.22. The number of carbonyl (C=O) groups excluding carboxylic acids is 1. The van der Waals surface area contributed by atoms with Gasteiger partial charge in [-0.25, -0.2) is 0 Å². The number of carbonyl (C=O) groups is 1. The number of hydrogen-bond acceptors (Lipinski definition) is 3. The number of hydrogen-bond donors (Lipinski definition) is 3. The molecule has 19 heavy (non-hydrogen) atoms. The van der Waals surface area contributed by atoms with Crippen molar-refractivity contribution in [3.05, 3.63) is 29.8 Å². The smallest absolute Gasteiger partial charge is 0.221 e. The average molecular weight is 264 g/mol. The van der Waals surface area contributed by atoms with E-state index >= 15 is 0 Å². The number of benzene rings is 1. The van der Waals surface area contributed by atoms with Crippen LogP contribution in [0.25, 0.3) is 0 Å². The van der Waals surface area contributed by atoms with E-state index in [9.17, 15) is 9.90 Å². The van der Waals surface area contributed by atoms with Gasteiger partial charge in [0, 0.05) is 25.6 Å². The summed E-state index contributed by atoms with van der Waals surface area (Å²) >= 11 is 0. The minimum atomic E-state index is 0.0825. The molecule has 0 spiro atoms. The summed E-state index contributed by atoms with van der Waals surface area (Å²) in [6.45, 7) is 7.56. The van der Waals surface area contributed by atoms with E-state index in [2.05, 4.69) is 24.5 Å². The number of phenols is 1. The molecular formula is C15H24N2O2. The van der Waals surface area contributed by atoms with Crippen LogP contribution in [0.1, 0.15) is 38.8 Å². The van der Waals surface area contributed by atoms with Crippen molar-refractivity contribution in [1.29, 1.82) is 0 Å². The quantitative estimate of drug-likeness (QED) is 0.707. The van der Waals surface area contributed by atoms with E-state index in [1.54, 1.807) is 12.1 Å². The van der Waals surface area contributed by atoms with Gasteiger partial charge in [0.1, 0.15) is 5.75 Å². The summed E-state index contributed by atoms with van der Waals surface area (Å²) in [7, 11) is 0. The van der Waals surface area contributed by atoms with Crippen molar-refractivity contribution in [3.63, 3.8) is 0 Å². The molecular weight excluding hydrogens is 240 g/mol. The Morgan fingerprint density at radius 2 is 1.84 bits per heavy atom. The fourth-order valence-electron chi connectivity index (χ4n) is 1.69. The Kier molecular flexibility index (Phi) is 6.36. The summed E-state index contributed by atoms with van der Waals surface area (Å²) in [5.41, 5.74) is 1.10. The maximum Gasteiger partial charge on any atom is 0.221 e. The normalized spacial score (nSPS) is 12.4. The van der Waals surface area contributed by atoms with Crippen molar-refractivity contribution >= 4 is 5.91 Å². The maximum atomic E-state index is 11.5. The first kappa shape index (κ1) is 15.5. The molecule has 0 heterocycles. The van der Waals surface area contributed by atoms with Gasteiger partial charge in [-0.3, -0.25) is 4.79 Å². The Bertz CT molecular complexity index is 388. The van der Waals surface area contributed by atoms with E-state index in [0.29, 0.717) is 18.9 Å². The molecule has 1 amide bonds. The maximum absolute atomic E-state index is 11.5. The van der Waals surface area contributed by atoms with E-state index < -0.39 is 0 Å². The van der Waals surface area contributed by atoms with Crippen molar-refractivity contribution in [2.45, 2.75) is 33.2 Å². The van der Waals surface area contributed by atoms with Gasteiger partial charge >= 0.3 is 0 Å². The monoisotopic (exact) mass is 264 g/mol. The first-order valence-corrected chi connectivity index (χ1v) is 6.78. The summed E-state index contributed by atoms with van der Waals surface area (Å²) in [6.07, 6.45) is 0.481. The SMILES string of the molecule is CC(C)CNC(=O)CCNC(C)c1ccc(O)cc1. The van der Waals surface area contributed by atoms with Gasteiger partial charge in [-0.2, -0.15) is 0 Å². The minimum Gasteiger partial charge on any atom is -0.508 e. The van der Waals surface area contributed by atoms with Crippen LogP contribution in [-0.2, 0) is 4.79 Å². The molecule has 0 aliphatic rings. The fraction of sp³-hybridized carbons (Fsp3) is 0.533. The lowest BCUT2D eigenvalue weighted by atomic mass is 10.1. The van der Waals surface area contributed by atoms with Crippen molar-refractivity contribution in [2.75, 3.05) is 13.1 Å². The van der Waals surface area contributed by atoms with Crippen LogP contribution in [0.2, 0.25) is 0 Å². The zero-order chi connectivity index (χ0) is 14.3. The first-order valence-electron chi connectivity index (χ1n) is 6.78. The molecule has 1 aromatic carbocycles. The van der Waals surface area contributed by atoms with Crippen LogP contribution in [0, 0.1) is 5.92 Å². The zero-order valence-corrected chi connectivity index (χ0v) is 11.9. The van der Waals surface area contributed by atoms with Crippen molar-refractivity contribution < 1.29 is 9.90 Å². The topological polar surface area (TPSA) is 61.4 Å². The molecule has 0 bridgehead atoms. The molecule has 1 aromatic rings. The molecule has 0 saturated heterocycles. The van der Waals surface area contributed by atoms with E-state index in [4.69, 9.17) is 0 Å². The predicted octanol–water partition coefficient (Wildman–Crippen LogP) is 2.21. The van der Waals surface area contributed by atoms with Crippen LogP contribution < -0.4 is 10.6 Å². The van der Waals surface area contributed by atoms with Gasteiger partial charge in [0.15, 0.2) is 0 Å². The third-order valence-corrected chi connectivity index (χ3v) is 2.90. The van der Waals surface area contributed by atoms with Crippen LogP contribution in [0.3, 0.4) is 0 Å². The van der Waals surface area contributed by atoms with Crippen LogP contribution in [0.15, 0.2) is 24.3 Å². The van der Waals surface area contributed by atoms with E-state index in [1.807, 2.05) is 19.1 Å². The van der Waals surface area contributed by atoms with Gasteiger partial charge in [-0.1, -0.05) is 26.0 Å². The number of phenolic OH excluding ortho intramolecular Hbond substituents is 1. The van der Waals surface area contributed by atoms with Gasteiger partial charge in [0.2, 0.25) is 5.91 Å². The van der Waals surface area contributed by atoms with Crippen LogP contribution >= 0.6 is 0 Å². The molecule has 1 atom stereocenters. The van der Waals surface area contributed by atoms with Gasteiger partial charge < -0.3 is 15.7 Å². The molecule has 0 fully saturated rings. The molecule has 4 heteroatoms. The van der Waals surface area contributed by atoms with Crippen molar-refractivity contribution in [2.24, 2.45) is 5.92 Å². The molecule has 106 valence electrons. The molecule has 1 unspecified atom stereocenters. The standard InChI is InChI=1S/C15H24N2O2/c1-11(2)10-17-15(19)8-9-16-12(3)13-4-6-14(18)7-5-13/h4-7,11-12,16,18H,8-10H2,1-3H3,(H,17,19). The summed E-state index contributed by atoms with van der Waals surface area (Å²) in [4.78, 5) is 11.5. The molecule has 1 rings (SSSR count). The Balaban J connectivity index is 2.25. The predicted molar refractivity (Wildman–Crippen MR) is 77.0 cm³/mol. The van der Waals surface area contributed by atoms with E-state index in [-0.39, 0.29) is 17.7 Å². The Morgan fingerprint density at radius 3 is 2.42 bits per heavy atom. The van der Waals surface area contributed by atoms with Crippen LogP contribution in [0.5, 0.6) is 5.75 Å². The van der Waals surface area contributed by atoms with Crippen molar-refractivity contribution in [1.82, 2.24) is 10.6 Å². The minimum absolute atomic E-state index is 0.0825. The third kappa shape index (κ3) is 6.25. The van der Waals surface area contributed by atoms with Gasteiger partial charge in [-0.05, 0) is 30.5 Å². The molecule has 3 N–H and O–H groups in total. The van der Waals surface area contributed by atoms with Gasteiger partial charge in [0.05, 0.1) is 0 Å². The molecule has 0 aliphatic heterocycles. The average Bonchev–Trinajstić information content (AvgIpc) is 2.37. The van der Waals surface area contributed by atoms with E-state index in [1.165, 1.54) is 0 Å². The number of amides is 1. The lowest BCUT2D eigenvalue weighted by molar-refractivity contribution is -0.121. The molecule has 0 aromatic heterocycles. The highest BCUT2D eigenvalue weighted by Crippen LogP contribution is 2.16. The fourth-order valence-corrected chi connectivity index (χ4v) is 1.69. The molecule has 0 aliphatic carbocycles.